The molecule has 0 aliphatic heterocycles. The zero-order valence-electron chi connectivity index (χ0n) is 12.9. The van der Waals surface area contributed by atoms with E-state index < -0.39 is 0 Å². The number of nitrogens with zero attached hydrogens (tertiary/aromatic N) is 3. The van der Waals surface area contributed by atoms with E-state index in [1.165, 1.54) is 44.2 Å². The van der Waals surface area contributed by atoms with E-state index in [-0.39, 0.29) is 0 Å². The van der Waals surface area contributed by atoms with Gasteiger partial charge in [-0.3, -0.25) is 9.58 Å². The van der Waals surface area contributed by atoms with Crippen molar-refractivity contribution in [2.75, 3.05) is 11.9 Å². The Morgan fingerprint density at radius 3 is 2.75 bits per heavy atom. The minimum Gasteiger partial charge on any atom is -0.295 e. The van der Waals surface area contributed by atoms with Crippen LogP contribution in [0.1, 0.15) is 64.1 Å². The van der Waals surface area contributed by atoms with E-state index >= 15 is 0 Å². The summed E-state index contributed by atoms with van der Waals surface area (Å²) in [7, 11) is 0. The molecule has 1 aromatic heterocycles. The van der Waals surface area contributed by atoms with Gasteiger partial charge in [0, 0.05) is 24.1 Å². The van der Waals surface area contributed by atoms with Crippen LogP contribution in [0.5, 0.6) is 0 Å². The van der Waals surface area contributed by atoms with Gasteiger partial charge in [-0.25, -0.2) is 0 Å². The van der Waals surface area contributed by atoms with Crippen molar-refractivity contribution in [2.45, 2.75) is 71.0 Å². The summed E-state index contributed by atoms with van der Waals surface area (Å²) in [5, 5.41) is 5.90. The smallest absolute Gasteiger partial charge is 0.0764 e. The highest BCUT2D eigenvalue weighted by Gasteiger charge is 2.17. The first-order valence-corrected chi connectivity index (χ1v) is 9.17. The molecule has 0 N–H and O–H groups in total. The van der Waals surface area contributed by atoms with Crippen LogP contribution in [0.4, 0.5) is 0 Å². The molecule has 1 aliphatic rings. The summed E-state index contributed by atoms with van der Waals surface area (Å²) < 4.78 is 2.22. The van der Waals surface area contributed by atoms with Gasteiger partial charge in [0.25, 0.3) is 0 Å². The number of hydrogen-bond acceptors (Lipinski definition) is 2. The van der Waals surface area contributed by atoms with Gasteiger partial charge in [-0.2, -0.15) is 5.10 Å². The van der Waals surface area contributed by atoms with E-state index in [0.29, 0.717) is 12.1 Å². The molecule has 1 fully saturated rings. The molecule has 1 aliphatic carbocycles. The van der Waals surface area contributed by atoms with Gasteiger partial charge in [0.1, 0.15) is 0 Å². The third-order valence-electron chi connectivity index (χ3n) is 4.29. The molecule has 1 heterocycles. The predicted octanol–water partition coefficient (Wildman–Crippen LogP) is 4.38. The van der Waals surface area contributed by atoms with Crippen molar-refractivity contribution in [3.63, 3.8) is 0 Å². The van der Waals surface area contributed by atoms with Gasteiger partial charge in [0.2, 0.25) is 0 Å². The molecule has 0 atom stereocenters. The molecule has 0 radical (unpaired) electrons. The average molecular weight is 342 g/mol. The first kappa shape index (κ1) is 16.0. The monoisotopic (exact) mass is 341 g/mol. The molecule has 1 aromatic rings. The molecule has 0 bridgehead atoms. The van der Waals surface area contributed by atoms with Crippen LogP contribution in [0.25, 0.3) is 0 Å². The normalized spacial score (nSPS) is 17.2. The number of rotatable bonds is 7. The Kier molecular flexibility index (Phi) is 6.56. The minimum atomic E-state index is 0.578. The van der Waals surface area contributed by atoms with Gasteiger partial charge < -0.3 is 0 Å². The van der Waals surface area contributed by atoms with E-state index in [2.05, 4.69) is 51.6 Å². The summed E-state index contributed by atoms with van der Waals surface area (Å²) in [6, 6.07) is 3.43. The maximum atomic E-state index is 4.83. The van der Waals surface area contributed by atoms with Gasteiger partial charge in [0.05, 0.1) is 11.7 Å². The second-order valence-electron chi connectivity index (χ2n) is 6.19. The predicted molar refractivity (Wildman–Crippen MR) is 88.3 cm³/mol. The molecular formula is C16H28BrN3. The number of halogens is 1. The second-order valence-corrected chi connectivity index (χ2v) is 6.98. The fourth-order valence-corrected chi connectivity index (χ4v) is 3.25. The summed E-state index contributed by atoms with van der Waals surface area (Å²) in [5.41, 5.74) is 1.22. The van der Waals surface area contributed by atoms with Crippen LogP contribution in [0.15, 0.2) is 12.3 Å². The molecule has 0 saturated heterocycles. The summed E-state index contributed by atoms with van der Waals surface area (Å²) in [5.74, 6) is 0. The Morgan fingerprint density at radius 2 is 2.10 bits per heavy atom. The van der Waals surface area contributed by atoms with Gasteiger partial charge in [0.15, 0.2) is 0 Å². The fourth-order valence-electron chi connectivity index (χ4n) is 3.00. The van der Waals surface area contributed by atoms with Crippen molar-refractivity contribution in [1.82, 2.24) is 14.7 Å². The van der Waals surface area contributed by atoms with Crippen LogP contribution in [0.3, 0.4) is 0 Å². The Balaban J connectivity index is 1.93. The van der Waals surface area contributed by atoms with Crippen LogP contribution in [0, 0.1) is 0 Å². The van der Waals surface area contributed by atoms with Gasteiger partial charge in [-0.15, -0.1) is 0 Å². The molecule has 20 heavy (non-hydrogen) atoms. The summed E-state index contributed by atoms with van der Waals surface area (Å²) in [6.07, 6.45) is 10.1. The Morgan fingerprint density at radius 1 is 1.35 bits per heavy atom. The minimum absolute atomic E-state index is 0.578. The molecule has 114 valence electrons. The first-order valence-electron chi connectivity index (χ1n) is 8.04. The van der Waals surface area contributed by atoms with Gasteiger partial charge >= 0.3 is 0 Å². The van der Waals surface area contributed by atoms with Crippen molar-refractivity contribution in [3.8, 4) is 0 Å². The average Bonchev–Trinajstić information content (AvgIpc) is 2.92. The fraction of sp³-hybridized carbons (Fsp3) is 0.812. The van der Waals surface area contributed by atoms with Gasteiger partial charge in [-0.05, 0) is 45.7 Å². The lowest BCUT2D eigenvalue weighted by Crippen LogP contribution is -2.31. The second kappa shape index (κ2) is 8.18. The molecule has 0 amide bonds. The maximum absolute atomic E-state index is 4.83. The van der Waals surface area contributed by atoms with Crippen molar-refractivity contribution >= 4 is 15.9 Å². The van der Waals surface area contributed by atoms with E-state index in [4.69, 9.17) is 5.10 Å². The van der Waals surface area contributed by atoms with Crippen LogP contribution >= 0.6 is 15.9 Å². The van der Waals surface area contributed by atoms with Crippen molar-refractivity contribution in [1.29, 1.82) is 0 Å². The van der Waals surface area contributed by atoms with Crippen molar-refractivity contribution in [2.24, 2.45) is 0 Å². The molecule has 3 nitrogen and oxygen atoms in total. The Hall–Kier alpha value is -0.350. The van der Waals surface area contributed by atoms with Crippen LogP contribution in [0.2, 0.25) is 0 Å². The van der Waals surface area contributed by atoms with E-state index in [1.807, 2.05) is 0 Å². The standard InChI is InChI=1S/C16H28BrN3/c1-14(2)19(11-6-10-17)13-15-9-12-20(18-15)16-7-4-3-5-8-16/h9,12,14,16H,3-8,10-11,13H2,1-2H3. The molecule has 2 rings (SSSR count). The largest absolute Gasteiger partial charge is 0.295 e. The van der Waals surface area contributed by atoms with E-state index in [9.17, 15) is 0 Å². The van der Waals surface area contributed by atoms with E-state index in [1.54, 1.807) is 0 Å². The molecular weight excluding hydrogens is 314 g/mol. The summed E-state index contributed by atoms with van der Waals surface area (Å²) in [6.45, 7) is 6.66. The molecule has 0 unspecified atom stereocenters. The molecule has 4 heteroatoms. The Bertz CT molecular complexity index is 383. The zero-order valence-corrected chi connectivity index (χ0v) is 14.5. The van der Waals surface area contributed by atoms with E-state index in [0.717, 1.165) is 18.4 Å². The molecule has 1 saturated carbocycles. The number of aromatic nitrogens is 2. The topological polar surface area (TPSA) is 21.1 Å². The number of hydrogen-bond donors (Lipinski definition) is 0. The third kappa shape index (κ3) is 4.59. The highest BCUT2D eigenvalue weighted by molar-refractivity contribution is 9.09. The SMILES string of the molecule is CC(C)N(CCCBr)Cc1ccn(C2CCCCC2)n1. The highest BCUT2D eigenvalue weighted by Crippen LogP contribution is 2.27. The van der Waals surface area contributed by atoms with Crippen molar-refractivity contribution < 1.29 is 0 Å². The summed E-state index contributed by atoms with van der Waals surface area (Å²) >= 11 is 3.52. The van der Waals surface area contributed by atoms with Crippen LogP contribution in [-0.4, -0.2) is 32.6 Å². The Labute approximate surface area is 131 Å². The third-order valence-corrected chi connectivity index (χ3v) is 4.85. The summed E-state index contributed by atoms with van der Waals surface area (Å²) in [4.78, 5) is 2.51. The van der Waals surface area contributed by atoms with Crippen LogP contribution < -0.4 is 0 Å². The number of alkyl halides is 1. The van der Waals surface area contributed by atoms with Gasteiger partial charge in [-0.1, -0.05) is 35.2 Å². The lowest BCUT2D eigenvalue weighted by molar-refractivity contribution is 0.210. The maximum Gasteiger partial charge on any atom is 0.0764 e. The quantitative estimate of drug-likeness (QED) is 0.686. The van der Waals surface area contributed by atoms with Crippen LogP contribution in [-0.2, 0) is 6.54 Å². The lowest BCUT2D eigenvalue weighted by atomic mass is 9.96. The molecule has 0 aromatic carbocycles. The highest BCUT2D eigenvalue weighted by atomic mass is 79.9. The lowest BCUT2D eigenvalue weighted by Gasteiger charge is -2.25. The first-order chi connectivity index (χ1) is 9.70. The zero-order chi connectivity index (χ0) is 14.4. The van der Waals surface area contributed by atoms with Crippen molar-refractivity contribution in [3.05, 3.63) is 18.0 Å². The molecule has 0 spiro atoms.